The minimum atomic E-state index is 0.375. The summed E-state index contributed by atoms with van der Waals surface area (Å²) in [5, 5.41) is 3.73. The van der Waals surface area contributed by atoms with Crippen LogP contribution >= 0.6 is 0 Å². The van der Waals surface area contributed by atoms with E-state index in [2.05, 4.69) is 42.6 Å². The van der Waals surface area contributed by atoms with Gasteiger partial charge in [-0.2, -0.15) is 0 Å². The molecule has 0 aliphatic carbocycles. The summed E-state index contributed by atoms with van der Waals surface area (Å²) in [6.45, 7) is 3.50. The van der Waals surface area contributed by atoms with Gasteiger partial charge in [-0.1, -0.05) is 43.7 Å². The number of benzene rings is 1. The highest BCUT2D eigenvalue weighted by Gasteiger charge is 2.29. The van der Waals surface area contributed by atoms with Crippen LogP contribution in [0.4, 0.5) is 0 Å². The van der Waals surface area contributed by atoms with E-state index in [1.807, 2.05) is 0 Å². The zero-order valence-corrected chi connectivity index (χ0v) is 9.63. The van der Waals surface area contributed by atoms with E-state index in [9.17, 15) is 0 Å². The van der Waals surface area contributed by atoms with E-state index in [0.717, 1.165) is 0 Å². The smallest absolute Gasteiger partial charge is 0.0219 e. The first-order chi connectivity index (χ1) is 7.35. The Hall–Kier alpha value is -0.820. The molecular formula is C14H21N. The van der Waals surface area contributed by atoms with Crippen molar-refractivity contribution in [2.45, 2.75) is 44.6 Å². The molecule has 15 heavy (non-hydrogen) atoms. The summed E-state index contributed by atoms with van der Waals surface area (Å²) in [6.07, 6.45) is 6.48. The molecule has 0 amide bonds. The number of nitrogens with one attached hydrogen (secondary N) is 1. The Balaban J connectivity index is 2.07. The van der Waals surface area contributed by atoms with Gasteiger partial charge in [-0.25, -0.2) is 0 Å². The van der Waals surface area contributed by atoms with E-state index in [1.165, 1.54) is 44.2 Å². The summed E-state index contributed by atoms with van der Waals surface area (Å²) in [6, 6.07) is 10.9. The molecule has 1 aromatic rings. The van der Waals surface area contributed by atoms with Gasteiger partial charge in [0.05, 0.1) is 0 Å². The van der Waals surface area contributed by atoms with E-state index >= 15 is 0 Å². The van der Waals surface area contributed by atoms with Gasteiger partial charge >= 0.3 is 0 Å². The minimum absolute atomic E-state index is 0.375. The van der Waals surface area contributed by atoms with Gasteiger partial charge in [-0.05, 0) is 37.8 Å². The first-order valence-corrected chi connectivity index (χ1v) is 6.14. The van der Waals surface area contributed by atoms with Gasteiger partial charge in [0.15, 0.2) is 0 Å². The molecule has 0 saturated carbocycles. The fraction of sp³-hybridized carbons (Fsp3) is 0.571. The van der Waals surface area contributed by atoms with Crippen LogP contribution in [0.1, 0.15) is 38.2 Å². The maximum absolute atomic E-state index is 3.73. The molecule has 1 saturated heterocycles. The molecular weight excluding hydrogens is 182 g/mol. The normalized spacial score (nSPS) is 26.5. The third-order valence-corrected chi connectivity index (χ3v) is 3.64. The van der Waals surface area contributed by atoms with Crippen LogP contribution in [0.3, 0.4) is 0 Å². The zero-order valence-electron chi connectivity index (χ0n) is 9.63. The number of hydrogen-bond donors (Lipinski definition) is 1. The van der Waals surface area contributed by atoms with Crippen molar-refractivity contribution in [2.24, 2.45) is 0 Å². The number of rotatable bonds is 3. The monoisotopic (exact) mass is 203 g/mol. The zero-order chi connectivity index (χ0) is 10.6. The van der Waals surface area contributed by atoms with Crippen molar-refractivity contribution in [1.29, 1.82) is 0 Å². The van der Waals surface area contributed by atoms with Gasteiger partial charge in [0.2, 0.25) is 0 Å². The van der Waals surface area contributed by atoms with Crippen LogP contribution in [0.25, 0.3) is 0 Å². The van der Waals surface area contributed by atoms with Gasteiger partial charge in [0, 0.05) is 5.54 Å². The highest BCUT2D eigenvalue weighted by Crippen LogP contribution is 2.26. The molecule has 1 unspecified atom stereocenters. The molecule has 1 N–H and O–H groups in total. The molecule has 1 heterocycles. The lowest BCUT2D eigenvalue weighted by molar-refractivity contribution is 0.243. The van der Waals surface area contributed by atoms with Crippen molar-refractivity contribution in [3.8, 4) is 0 Å². The van der Waals surface area contributed by atoms with E-state index in [1.54, 1.807) is 0 Å². The van der Waals surface area contributed by atoms with E-state index in [4.69, 9.17) is 0 Å². The average molecular weight is 203 g/mol. The topological polar surface area (TPSA) is 12.0 Å². The standard InChI is InChI=1S/C14H21N/c1-2-14(10-6-7-11-15-14)12-13-8-4-3-5-9-13/h3-5,8-9,15H,2,6-7,10-12H2,1H3. The second-order valence-electron chi connectivity index (χ2n) is 4.68. The SMILES string of the molecule is CCC1(Cc2ccccc2)CCCCN1. The third-order valence-electron chi connectivity index (χ3n) is 3.64. The summed E-state index contributed by atoms with van der Waals surface area (Å²) < 4.78 is 0. The van der Waals surface area contributed by atoms with Crippen LogP contribution in [0.15, 0.2) is 30.3 Å². The van der Waals surface area contributed by atoms with E-state index < -0.39 is 0 Å². The molecule has 1 aliphatic rings. The molecule has 1 aliphatic heterocycles. The molecule has 0 radical (unpaired) electrons. The van der Waals surface area contributed by atoms with Crippen molar-refractivity contribution in [2.75, 3.05) is 6.54 Å². The van der Waals surface area contributed by atoms with Crippen molar-refractivity contribution in [1.82, 2.24) is 5.32 Å². The van der Waals surface area contributed by atoms with E-state index in [-0.39, 0.29) is 0 Å². The Morgan fingerprint density at radius 2 is 2.00 bits per heavy atom. The predicted molar refractivity (Wildman–Crippen MR) is 65.0 cm³/mol. The Morgan fingerprint density at radius 1 is 1.20 bits per heavy atom. The molecule has 82 valence electrons. The van der Waals surface area contributed by atoms with Crippen molar-refractivity contribution >= 4 is 0 Å². The fourth-order valence-corrected chi connectivity index (χ4v) is 2.59. The van der Waals surface area contributed by atoms with Crippen LogP contribution in [-0.4, -0.2) is 12.1 Å². The van der Waals surface area contributed by atoms with E-state index in [0.29, 0.717) is 5.54 Å². The molecule has 1 fully saturated rings. The lowest BCUT2D eigenvalue weighted by Crippen LogP contribution is -2.49. The minimum Gasteiger partial charge on any atom is -0.311 e. The molecule has 0 spiro atoms. The lowest BCUT2D eigenvalue weighted by atomic mass is 9.81. The van der Waals surface area contributed by atoms with Crippen LogP contribution in [0.2, 0.25) is 0 Å². The quantitative estimate of drug-likeness (QED) is 0.795. The highest BCUT2D eigenvalue weighted by molar-refractivity contribution is 5.18. The van der Waals surface area contributed by atoms with Crippen LogP contribution in [0.5, 0.6) is 0 Å². The van der Waals surface area contributed by atoms with Crippen LogP contribution in [0, 0.1) is 0 Å². The number of piperidine rings is 1. The highest BCUT2D eigenvalue weighted by atomic mass is 15.0. The maximum Gasteiger partial charge on any atom is 0.0219 e. The van der Waals surface area contributed by atoms with Crippen LogP contribution < -0.4 is 5.32 Å². The van der Waals surface area contributed by atoms with Crippen molar-refractivity contribution in [3.05, 3.63) is 35.9 Å². The molecule has 0 aromatic heterocycles. The van der Waals surface area contributed by atoms with Crippen molar-refractivity contribution in [3.63, 3.8) is 0 Å². The molecule has 1 heteroatoms. The van der Waals surface area contributed by atoms with Gasteiger partial charge in [-0.3, -0.25) is 0 Å². The van der Waals surface area contributed by atoms with Gasteiger partial charge < -0.3 is 5.32 Å². The summed E-state index contributed by atoms with van der Waals surface area (Å²) >= 11 is 0. The molecule has 1 nitrogen and oxygen atoms in total. The Morgan fingerprint density at radius 3 is 2.60 bits per heavy atom. The Kier molecular flexibility index (Phi) is 3.42. The first kappa shape index (κ1) is 10.7. The fourth-order valence-electron chi connectivity index (χ4n) is 2.59. The summed E-state index contributed by atoms with van der Waals surface area (Å²) in [7, 11) is 0. The molecule has 2 rings (SSSR count). The predicted octanol–water partition coefficient (Wildman–Crippen LogP) is 3.15. The summed E-state index contributed by atoms with van der Waals surface area (Å²) in [5.41, 5.74) is 1.84. The van der Waals surface area contributed by atoms with Crippen LogP contribution in [-0.2, 0) is 6.42 Å². The largest absolute Gasteiger partial charge is 0.311 e. The van der Waals surface area contributed by atoms with Gasteiger partial charge in [-0.15, -0.1) is 0 Å². The summed E-state index contributed by atoms with van der Waals surface area (Å²) in [5.74, 6) is 0. The second-order valence-corrected chi connectivity index (χ2v) is 4.68. The second kappa shape index (κ2) is 4.80. The van der Waals surface area contributed by atoms with Gasteiger partial charge in [0.25, 0.3) is 0 Å². The Labute approximate surface area is 92.9 Å². The van der Waals surface area contributed by atoms with Crippen molar-refractivity contribution < 1.29 is 0 Å². The molecule has 1 aromatic carbocycles. The molecule has 0 bridgehead atoms. The lowest BCUT2D eigenvalue weighted by Gasteiger charge is -2.38. The summed E-state index contributed by atoms with van der Waals surface area (Å²) in [4.78, 5) is 0. The first-order valence-electron chi connectivity index (χ1n) is 6.14. The Bertz CT molecular complexity index is 285. The molecule has 1 atom stereocenters. The maximum atomic E-state index is 3.73. The average Bonchev–Trinajstić information content (AvgIpc) is 2.32. The van der Waals surface area contributed by atoms with Gasteiger partial charge in [0.1, 0.15) is 0 Å². The third kappa shape index (κ3) is 2.60. The number of hydrogen-bond acceptors (Lipinski definition) is 1.